The number of hydrogen-bond donors (Lipinski definition) is 2. The number of aryl methyl sites for hydroxylation is 1. The van der Waals surface area contributed by atoms with Crippen LogP contribution >= 0.6 is 0 Å². The van der Waals surface area contributed by atoms with Gasteiger partial charge in [-0.25, -0.2) is 9.07 Å². The molecule has 0 saturated heterocycles. The van der Waals surface area contributed by atoms with Gasteiger partial charge in [0.05, 0.1) is 34.4 Å². The van der Waals surface area contributed by atoms with E-state index < -0.39 is 23.2 Å². The van der Waals surface area contributed by atoms with Gasteiger partial charge < -0.3 is 5.73 Å². The summed E-state index contributed by atoms with van der Waals surface area (Å²) in [6.45, 7) is 1.92. The number of pyridine rings is 1. The second-order valence-electron chi connectivity index (χ2n) is 5.92. The fraction of sp³-hybridized carbons (Fsp3) is 0.118. The third-order valence-corrected chi connectivity index (χ3v) is 4.29. The molecule has 136 valence electrons. The number of nitrogens with two attached hydrogens (primary N) is 1. The summed E-state index contributed by atoms with van der Waals surface area (Å²) in [5.41, 5.74) is 5.93. The van der Waals surface area contributed by atoms with Crippen molar-refractivity contribution >= 4 is 17.6 Å². The number of amides is 2. The monoisotopic (exact) mass is 368 g/mol. The Morgan fingerprint density at radius 2 is 1.96 bits per heavy atom. The lowest BCUT2D eigenvalue weighted by Crippen LogP contribution is -2.24. The van der Waals surface area contributed by atoms with Gasteiger partial charge in [-0.15, -0.1) is 5.10 Å². The summed E-state index contributed by atoms with van der Waals surface area (Å²) in [4.78, 5) is 36.0. The number of anilines is 1. The third-order valence-electron chi connectivity index (χ3n) is 4.29. The minimum Gasteiger partial charge on any atom is -0.384 e. The zero-order chi connectivity index (χ0) is 19.3. The van der Waals surface area contributed by atoms with Gasteiger partial charge in [-0.3, -0.25) is 24.3 Å². The highest BCUT2D eigenvalue weighted by molar-refractivity contribution is 6.23. The Morgan fingerprint density at radius 3 is 2.63 bits per heavy atom. The van der Waals surface area contributed by atoms with E-state index in [1.807, 2.05) is 6.92 Å². The molecule has 3 N–H and O–H groups in total. The van der Waals surface area contributed by atoms with Crippen LogP contribution in [0.3, 0.4) is 0 Å². The number of carbonyl (C=O) groups is 2. The molecular weight excluding hydrogens is 355 g/mol. The van der Waals surface area contributed by atoms with Crippen LogP contribution in [0.5, 0.6) is 0 Å². The molecule has 0 atom stereocenters. The van der Waals surface area contributed by atoms with Gasteiger partial charge >= 0.3 is 0 Å². The SMILES string of the molecule is CCc1cn(-c2ccc(-n3c(N)c4c(cc3=O)C(=O)NC4=O)c(F)c2)nn1. The van der Waals surface area contributed by atoms with Gasteiger partial charge in [0.1, 0.15) is 11.6 Å². The van der Waals surface area contributed by atoms with Crippen molar-refractivity contribution in [2.24, 2.45) is 0 Å². The van der Waals surface area contributed by atoms with E-state index >= 15 is 0 Å². The Labute approximate surface area is 151 Å². The molecule has 0 spiro atoms. The lowest BCUT2D eigenvalue weighted by molar-refractivity contribution is 0.0880. The highest BCUT2D eigenvalue weighted by Gasteiger charge is 2.32. The number of halogens is 1. The summed E-state index contributed by atoms with van der Waals surface area (Å²) in [5, 5.41) is 9.92. The van der Waals surface area contributed by atoms with Crippen LogP contribution < -0.4 is 16.6 Å². The first kappa shape index (κ1) is 16.6. The number of nitrogens with zero attached hydrogens (tertiary/aromatic N) is 4. The number of benzene rings is 1. The minimum absolute atomic E-state index is 0.120. The fourth-order valence-corrected chi connectivity index (χ4v) is 2.93. The molecule has 1 aliphatic rings. The Morgan fingerprint density at radius 1 is 1.19 bits per heavy atom. The predicted octanol–water partition coefficient (Wildman–Crippen LogP) is 0.585. The van der Waals surface area contributed by atoms with Gasteiger partial charge in [0.2, 0.25) is 0 Å². The van der Waals surface area contributed by atoms with E-state index in [9.17, 15) is 18.8 Å². The van der Waals surface area contributed by atoms with Crippen molar-refractivity contribution in [2.45, 2.75) is 13.3 Å². The van der Waals surface area contributed by atoms with E-state index in [-0.39, 0.29) is 22.6 Å². The van der Waals surface area contributed by atoms with Crippen LogP contribution in [0, 0.1) is 5.82 Å². The zero-order valence-corrected chi connectivity index (χ0v) is 14.1. The zero-order valence-electron chi connectivity index (χ0n) is 14.1. The number of fused-ring (bicyclic) bond motifs is 1. The number of carbonyl (C=O) groups excluding carboxylic acids is 2. The van der Waals surface area contributed by atoms with Crippen LogP contribution in [0.15, 0.2) is 35.3 Å². The van der Waals surface area contributed by atoms with E-state index in [0.29, 0.717) is 12.1 Å². The first-order valence-electron chi connectivity index (χ1n) is 8.03. The Bertz CT molecular complexity index is 1180. The van der Waals surface area contributed by atoms with Crippen molar-refractivity contribution in [3.63, 3.8) is 0 Å². The van der Waals surface area contributed by atoms with Gasteiger partial charge in [-0.2, -0.15) is 0 Å². The standard InChI is InChI=1S/C17H13FN6O3/c1-2-8-7-23(22-21-8)9-3-4-12(11(18)5-9)24-13(25)6-10-14(15(24)19)17(27)20-16(10)26/h3-7H,2,19H2,1H3,(H,20,26,27). The number of hydrogen-bond acceptors (Lipinski definition) is 6. The van der Waals surface area contributed by atoms with Gasteiger partial charge in [-0.05, 0) is 18.6 Å². The summed E-state index contributed by atoms with van der Waals surface area (Å²) in [6, 6.07) is 5.02. The highest BCUT2D eigenvalue weighted by Crippen LogP contribution is 2.25. The third kappa shape index (κ3) is 2.49. The van der Waals surface area contributed by atoms with Gasteiger partial charge in [0.15, 0.2) is 0 Å². The molecule has 27 heavy (non-hydrogen) atoms. The summed E-state index contributed by atoms with van der Waals surface area (Å²) in [7, 11) is 0. The van der Waals surface area contributed by atoms with E-state index in [2.05, 4.69) is 15.6 Å². The molecule has 4 rings (SSSR count). The molecule has 2 amide bonds. The molecule has 0 saturated carbocycles. The Hall–Kier alpha value is -3.82. The van der Waals surface area contributed by atoms with E-state index in [0.717, 1.165) is 16.3 Å². The molecule has 0 aliphatic carbocycles. The average Bonchev–Trinajstić information content (AvgIpc) is 3.21. The van der Waals surface area contributed by atoms with Crippen LogP contribution in [-0.2, 0) is 6.42 Å². The molecule has 3 heterocycles. The van der Waals surface area contributed by atoms with E-state index in [4.69, 9.17) is 5.73 Å². The Kier molecular flexibility index (Phi) is 3.62. The maximum atomic E-state index is 14.8. The quantitative estimate of drug-likeness (QED) is 0.652. The van der Waals surface area contributed by atoms with Crippen molar-refractivity contribution in [3.8, 4) is 11.4 Å². The number of rotatable bonds is 3. The smallest absolute Gasteiger partial charge is 0.262 e. The van der Waals surface area contributed by atoms with Crippen LogP contribution in [0.2, 0.25) is 0 Å². The fourth-order valence-electron chi connectivity index (χ4n) is 2.93. The van der Waals surface area contributed by atoms with Gasteiger partial charge in [0.25, 0.3) is 17.4 Å². The number of nitrogens with one attached hydrogen (secondary N) is 1. The van der Waals surface area contributed by atoms with Crippen molar-refractivity contribution in [2.75, 3.05) is 5.73 Å². The molecule has 3 aromatic rings. The largest absolute Gasteiger partial charge is 0.384 e. The van der Waals surface area contributed by atoms with Gasteiger partial charge in [0, 0.05) is 12.1 Å². The molecule has 0 radical (unpaired) electrons. The molecule has 0 unspecified atom stereocenters. The summed E-state index contributed by atoms with van der Waals surface area (Å²) >= 11 is 0. The van der Waals surface area contributed by atoms with Crippen molar-refractivity contribution in [3.05, 3.63) is 63.5 Å². The van der Waals surface area contributed by atoms with E-state index in [1.165, 1.54) is 22.9 Å². The van der Waals surface area contributed by atoms with Crippen LogP contribution in [0.4, 0.5) is 10.2 Å². The number of aromatic nitrogens is 4. The lowest BCUT2D eigenvalue weighted by Gasteiger charge is -2.13. The molecule has 0 bridgehead atoms. The molecule has 9 nitrogen and oxygen atoms in total. The second kappa shape index (κ2) is 5.87. The van der Waals surface area contributed by atoms with Crippen molar-refractivity contribution in [1.82, 2.24) is 24.9 Å². The molecule has 2 aromatic heterocycles. The number of imide groups is 1. The molecule has 1 aliphatic heterocycles. The molecule has 1 aromatic carbocycles. The normalized spacial score (nSPS) is 13.0. The number of nitrogen functional groups attached to an aromatic ring is 1. The topological polar surface area (TPSA) is 125 Å². The molecule has 0 fully saturated rings. The van der Waals surface area contributed by atoms with Crippen LogP contribution in [0.25, 0.3) is 11.4 Å². The first-order valence-corrected chi connectivity index (χ1v) is 8.03. The molecular formula is C17H13FN6O3. The van der Waals surface area contributed by atoms with Crippen LogP contribution in [0.1, 0.15) is 33.3 Å². The molecule has 10 heteroatoms. The minimum atomic E-state index is -0.750. The van der Waals surface area contributed by atoms with Crippen molar-refractivity contribution in [1.29, 1.82) is 0 Å². The second-order valence-corrected chi connectivity index (χ2v) is 5.92. The van der Waals surface area contributed by atoms with Gasteiger partial charge in [-0.1, -0.05) is 12.1 Å². The predicted molar refractivity (Wildman–Crippen MR) is 92.5 cm³/mol. The first-order chi connectivity index (χ1) is 12.9. The maximum absolute atomic E-state index is 14.8. The highest BCUT2D eigenvalue weighted by atomic mass is 19.1. The maximum Gasteiger partial charge on any atom is 0.262 e. The summed E-state index contributed by atoms with van der Waals surface area (Å²) in [6.07, 6.45) is 2.35. The van der Waals surface area contributed by atoms with Crippen molar-refractivity contribution < 1.29 is 14.0 Å². The summed E-state index contributed by atoms with van der Waals surface area (Å²) in [5.74, 6) is -2.49. The van der Waals surface area contributed by atoms with E-state index in [1.54, 1.807) is 6.20 Å². The van der Waals surface area contributed by atoms with Crippen LogP contribution in [-0.4, -0.2) is 31.4 Å². The average molecular weight is 368 g/mol. The lowest BCUT2D eigenvalue weighted by atomic mass is 10.1. The Balaban J connectivity index is 1.85. The summed E-state index contributed by atoms with van der Waals surface area (Å²) < 4.78 is 17.0.